The molecule has 0 unspecified atom stereocenters. The van der Waals surface area contributed by atoms with Crippen LogP contribution in [0.4, 0.5) is 0 Å². The number of carbonyl (C=O) groups is 2. The molecule has 0 spiro atoms. The van der Waals surface area contributed by atoms with Gasteiger partial charge in [0.05, 0.1) is 25.0 Å². The van der Waals surface area contributed by atoms with E-state index in [0.29, 0.717) is 0 Å². The normalized spacial score (nSPS) is 22.7. The molecule has 1 aliphatic heterocycles. The Labute approximate surface area is 104 Å². The lowest BCUT2D eigenvalue weighted by atomic mass is 9.96. The summed E-state index contributed by atoms with van der Waals surface area (Å²) >= 11 is 0. The molecule has 0 bridgehead atoms. The Balaban J connectivity index is 1.90. The van der Waals surface area contributed by atoms with Crippen molar-refractivity contribution in [3.63, 3.8) is 0 Å². The van der Waals surface area contributed by atoms with E-state index in [1.807, 2.05) is 30.3 Å². The molecule has 1 aromatic rings. The second-order valence-electron chi connectivity index (χ2n) is 4.18. The lowest BCUT2D eigenvalue weighted by Gasteiger charge is -2.12. The highest BCUT2D eigenvalue weighted by Gasteiger charge is 2.40. The molecule has 1 saturated heterocycles. The predicted octanol–water partition coefficient (Wildman–Crippen LogP) is 1.08. The van der Waals surface area contributed by atoms with E-state index < -0.39 is 23.8 Å². The Morgan fingerprint density at radius 1 is 1.22 bits per heavy atom. The summed E-state index contributed by atoms with van der Waals surface area (Å²) in [6, 6.07) is 9.25. The average Bonchev–Trinajstić information content (AvgIpc) is 2.86. The lowest BCUT2D eigenvalue weighted by molar-refractivity contribution is -0.156. The van der Waals surface area contributed by atoms with Crippen molar-refractivity contribution in [3.8, 4) is 0 Å². The second kappa shape index (κ2) is 5.64. The van der Waals surface area contributed by atoms with Crippen molar-refractivity contribution < 1.29 is 24.2 Å². The maximum absolute atomic E-state index is 11.8. The third-order valence-electron chi connectivity index (χ3n) is 2.92. The minimum Gasteiger partial charge on any atom is -0.481 e. The molecule has 96 valence electrons. The Bertz CT molecular complexity index is 428. The van der Waals surface area contributed by atoms with Crippen molar-refractivity contribution in [2.24, 2.45) is 11.8 Å². The number of ether oxygens (including phenoxy) is 2. The molecule has 5 nitrogen and oxygen atoms in total. The van der Waals surface area contributed by atoms with Crippen LogP contribution in [0, 0.1) is 11.8 Å². The Hall–Kier alpha value is -1.88. The number of carbonyl (C=O) groups excluding carboxylic acids is 1. The zero-order valence-corrected chi connectivity index (χ0v) is 9.74. The topological polar surface area (TPSA) is 72.8 Å². The van der Waals surface area contributed by atoms with E-state index in [0.717, 1.165) is 5.56 Å². The minimum atomic E-state index is -1.02. The maximum Gasteiger partial charge on any atom is 0.312 e. The van der Waals surface area contributed by atoms with Crippen LogP contribution in [0.3, 0.4) is 0 Å². The zero-order valence-electron chi connectivity index (χ0n) is 9.74. The molecule has 0 aliphatic carbocycles. The fourth-order valence-corrected chi connectivity index (χ4v) is 1.87. The van der Waals surface area contributed by atoms with Gasteiger partial charge in [-0.05, 0) is 5.56 Å². The molecular formula is C13H14O5. The molecule has 0 amide bonds. The minimum absolute atomic E-state index is 0.0699. The molecule has 1 fully saturated rings. The summed E-state index contributed by atoms with van der Waals surface area (Å²) in [5.41, 5.74) is 0.872. The van der Waals surface area contributed by atoms with Gasteiger partial charge in [-0.15, -0.1) is 0 Å². The van der Waals surface area contributed by atoms with Crippen molar-refractivity contribution in [3.05, 3.63) is 35.9 Å². The fourth-order valence-electron chi connectivity index (χ4n) is 1.87. The van der Waals surface area contributed by atoms with E-state index in [2.05, 4.69) is 0 Å². The standard InChI is InChI=1S/C13H14O5/c14-12(15)10-7-17-8-11(10)13(16)18-6-9-4-2-1-3-5-9/h1-5,10-11H,6-8H2,(H,14,15)/t10-,11+/m0/s1. The van der Waals surface area contributed by atoms with Gasteiger partial charge in [-0.2, -0.15) is 0 Å². The molecule has 5 heteroatoms. The predicted molar refractivity (Wildman–Crippen MR) is 61.7 cm³/mol. The van der Waals surface area contributed by atoms with Crippen molar-refractivity contribution in [1.29, 1.82) is 0 Å². The summed E-state index contributed by atoms with van der Waals surface area (Å²) in [5.74, 6) is -3.03. The molecule has 18 heavy (non-hydrogen) atoms. The average molecular weight is 250 g/mol. The first kappa shape index (κ1) is 12.6. The van der Waals surface area contributed by atoms with Gasteiger partial charge in [0.1, 0.15) is 6.61 Å². The first-order valence-electron chi connectivity index (χ1n) is 5.69. The maximum atomic E-state index is 11.8. The van der Waals surface area contributed by atoms with Crippen molar-refractivity contribution in [2.45, 2.75) is 6.61 Å². The highest BCUT2D eigenvalue weighted by molar-refractivity contribution is 5.81. The summed E-state index contributed by atoms with van der Waals surface area (Å²) in [6.07, 6.45) is 0. The van der Waals surface area contributed by atoms with Crippen LogP contribution in [0.15, 0.2) is 30.3 Å². The van der Waals surface area contributed by atoms with Crippen LogP contribution in [0.2, 0.25) is 0 Å². The fraction of sp³-hybridized carbons (Fsp3) is 0.385. The van der Waals surface area contributed by atoms with E-state index in [1.165, 1.54) is 0 Å². The van der Waals surface area contributed by atoms with Crippen LogP contribution in [-0.4, -0.2) is 30.3 Å². The molecule has 1 N–H and O–H groups in total. The summed E-state index contributed by atoms with van der Waals surface area (Å²) in [5, 5.41) is 8.93. The third kappa shape index (κ3) is 2.87. The van der Waals surface area contributed by atoms with Gasteiger partial charge in [0, 0.05) is 0 Å². The van der Waals surface area contributed by atoms with E-state index in [9.17, 15) is 9.59 Å². The number of hydrogen-bond donors (Lipinski definition) is 1. The number of carboxylic acids is 1. The molecule has 0 saturated carbocycles. The quantitative estimate of drug-likeness (QED) is 0.809. The van der Waals surface area contributed by atoms with Gasteiger partial charge in [0.25, 0.3) is 0 Å². The van der Waals surface area contributed by atoms with Gasteiger partial charge < -0.3 is 14.6 Å². The molecule has 2 atom stereocenters. The number of aliphatic carboxylic acids is 1. The first-order valence-corrected chi connectivity index (χ1v) is 5.69. The van der Waals surface area contributed by atoms with E-state index in [4.69, 9.17) is 14.6 Å². The number of rotatable bonds is 4. The Kier molecular flexibility index (Phi) is 3.94. The lowest BCUT2D eigenvalue weighted by Crippen LogP contribution is -2.29. The zero-order chi connectivity index (χ0) is 13.0. The van der Waals surface area contributed by atoms with Crippen molar-refractivity contribution in [1.82, 2.24) is 0 Å². The highest BCUT2D eigenvalue weighted by atomic mass is 16.5. The largest absolute Gasteiger partial charge is 0.481 e. The van der Waals surface area contributed by atoms with E-state index >= 15 is 0 Å². The number of carboxylic acid groups (broad SMARTS) is 1. The summed E-state index contributed by atoms with van der Waals surface area (Å²) in [7, 11) is 0. The number of hydrogen-bond acceptors (Lipinski definition) is 4. The van der Waals surface area contributed by atoms with Crippen LogP contribution in [0.25, 0.3) is 0 Å². The molecule has 0 aromatic heterocycles. The van der Waals surface area contributed by atoms with Crippen LogP contribution < -0.4 is 0 Å². The molecule has 0 radical (unpaired) electrons. The van der Waals surface area contributed by atoms with Gasteiger partial charge in [-0.3, -0.25) is 9.59 Å². The SMILES string of the molecule is O=C(O)[C@H]1COC[C@H]1C(=O)OCc1ccccc1. The van der Waals surface area contributed by atoms with Crippen LogP contribution in [0.5, 0.6) is 0 Å². The molecule has 2 rings (SSSR count). The Morgan fingerprint density at radius 2 is 1.89 bits per heavy atom. The molecular weight excluding hydrogens is 236 g/mol. The van der Waals surface area contributed by atoms with Gasteiger partial charge in [0.15, 0.2) is 0 Å². The number of esters is 1. The second-order valence-corrected chi connectivity index (χ2v) is 4.18. The molecule has 1 heterocycles. The van der Waals surface area contributed by atoms with Gasteiger partial charge in [0.2, 0.25) is 0 Å². The van der Waals surface area contributed by atoms with Crippen LogP contribution in [-0.2, 0) is 25.7 Å². The van der Waals surface area contributed by atoms with Crippen molar-refractivity contribution in [2.75, 3.05) is 13.2 Å². The van der Waals surface area contributed by atoms with Crippen molar-refractivity contribution >= 4 is 11.9 Å². The van der Waals surface area contributed by atoms with Gasteiger partial charge in [-0.25, -0.2) is 0 Å². The van der Waals surface area contributed by atoms with E-state index in [1.54, 1.807) is 0 Å². The van der Waals surface area contributed by atoms with Crippen LogP contribution in [0.1, 0.15) is 5.56 Å². The third-order valence-corrected chi connectivity index (χ3v) is 2.92. The van der Waals surface area contributed by atoms with Gasteiger partial charge in [-0.1, -0.05) is 30.3 Å². The van der Waals surface area contributed by atoms with Gasteiger partial charge >= 0.3 is 11.9 Å². The summed E-state index contributed by atoms with van der Waals surface area (Å²) < 4.78 is 10.1. The summed E-state index contributed by atoms with van der Waals surface area (Å²) in [4.78, 5) is 22.7. The smallest absolute Gasteiger partial charge is 0.312 e. The van der Waals surface area contributed by atoms with Crippen LogP contribution >= 0.6 is 0 Å². The molecule has 1 aromatic carbocycles. The monoisotopic (exact) mass is 250 g/mol. The highest BCUT2D eigenvalue weighted by Crippen LogP contribution is 2.22. The first-order chi connectivity index (χ1) is 8.68. The number of benzene rings is 1. The van der Waals surface area contributed by atoms with E-state index in [-0.39, 0.29) is 19.8 Å². The summed E-state index contributed by atoms with van der Waals surface area (Å²) in [6.45, 7) is 0.341. The Morgan fingerprint density at radius 3 is 2.56 bits per heavy atom. The molecule has 1 aliphatic rings.